The Morgan fingerprint density at radius 3 is 1.20 bits per heavy atom. The summed E-state index contributed by atoms with van der Waals surface area (Å²) in [5.41, 5.74) is 1.46. The highest BCUT2D eigenvalue weighted by Crippen LogP contribution is 2.23. The largest absolute Gasteiger partial charge is 0.494 e. The van der Waals surface area contributed by atoms with Gasteiger partial charge in [-0.05, 0) is 48.9 Å². The van der Waals surface area contributed by atoms with Crippen LogP contribution < -0.4 is 9.47 Å². The standard InChI is InChI=1S/C36H48Cl2O2/c1-3-5-7-9-11-13-15-19-27-39-33-25-23-31(35(37)29-33)21-17-18-22-32-24-26-34(30-36(32)38)40-28-20-16-14-12-10-8-6-4-2/h23-26,29-30H,3-16,19-20,27-28H2,1-2H3. The first-order valence-electron chi connectivity index (χ1n) is 15.5. The van der Waals surface area contributed by atoms with E-state index in [2.05, 4.69) is 37.5 Å². The smallest absolute Gasteiger partial charge is 0.120 e. The summed E-state index contributed by atoms with van der Waals surface area (Å²) in [5.74, 6) is 13.4. The van der Waals surface area contributed by atoms with Crippen LogP contribution in [0.15, 0.2) is 36.4 Å². The van der Waals surface area contributed by atoms with Crippen molar-refractivity contribution in [1.82, 2.24) is 0 Å². The van der Waals surface area contributed by atoms with Crippen molar-refractivity contribution in [2.24, 2.45) is 0 Å². The van der Waals surface area contributed by atoms with E-state index >= 15 is 0 Å². The van der Waals surface area contributed by atoms with E-state index in [4.69, 9.17) is 32.7 Å². The molecule has 0 atom stereocenters. The van der Waals surface area contributed by atoms with Crippen molar-refractivity contribution in [3.05, 3.63) is 57.6 Å². The molecule has 0 bridgehead atoms. The van der Waals surface area contributed by atoms with Crippen LogP contribution in [0.5, 0.6) is 11.5 Å². The molecule has 40 heavy (non-hydrogen) atoms. The number of hydrogen-bond donors (Lipinski definition) is 0. The van der Waals surface area contributed by atoms with Crippen LogP contribution in [0.2, 0.25) is 10.0 Å². The highest BCUT2D eigenvalue weighted by atomic mass is 35.5. The van der Waals surface area contributed by atoms with Gasteiger partial charge in [0.2, 0.25) is 0 Å². The fourth-order valence-electron chi connectivity index (χ4n) is 4.42. The summed E-state index contributed by atoms with van der Waals surface area (Å²) in [6, 6.07) is 11.2. The molecule has 2 nitrogen and oxygen atoms in total. The van der Waals surface area contributed by atoms with Crippen molar-refractivity contribution in [1.29, 1.82) is 0 Å². The Balaban J connectivity index is 1.70. The summed E-state index contributed by atoms with van der Waals surface area (Å²) >= 11 is 12.8. The topological polar surface area (TPSA) is 18.5 Å². The van der Waals surface area contributed by atoms with E-state index in [-0.39, 0.29) is 0 Å². The van der Waals surface area contributed by atoms with Gasteiger partial charge in [-0.3, -0.25) is 0 Å². The number of hydrogen-bond acceptors (Lipinski definition) is 2. The minimum absolute atomic E-state index is 0.568. The van der Waals surface area contributed by atoms with Gasteiger partial charge in [0.25, 0.3) is 0 Å². The Morgan fingerprint density at radius 2 is 0.850 bits per heavy atom. The van der Waals surface area contributed by atoms with E-state index < -0.39 is 0 Å². The van der Waals surface area contributed by atoms with Crippen LogP contribution in [-0.4, -0.2) is 13.2 Å². The van der Waals surface area contributed by atoms with E-state index in [0.717, 1.165) is 35.5 Å². The fraction of sp³-hybridized carbons (Fsp3) is 0.556. The first kappa shape index (κ1) is 33.9. The molecule has 0 aliphatic rings. The number of ether oxygens (including phenoxy) is 2. The summed E-state index contributed by atoms with van der Waals surface area (Å²) in [6.07, 6.45) is 20.5. The highest BCUT2D eigenvalue weighted by Gasteiger charge is 2.02. The van der Waals surface area contributed by atoms with Crippen molar-refractivity contribution < 1.29 is 9.47 Å². The summed E-state index contributed by atoms with van der Waals surface area (Å²) in [5, 5.41) is 1.14. The Kier molecular flexibility index (Phi) is 19.0. The maximum absolute atomic E-state index is 6.42. The molecule has 0 aliphatic heterocycles. The normalized spacial score (nSPS) is 10.4. The predicted molar refractivity (Wildman–Crippen MR) is 173 cm³/mol. The molecular weight excluding hydrogens is 535 g/mol. The van der Waals surface area contributed by atoms with E-state index in [1.165, 1.54) is 89.9 Å². The Morgan fingerprint density at radius 1 is 0.500 bits per heavy atom. The highest BCUT2D eigenvalue weighted by molar-refractivity contribution is 6.32. The zero-order valence-electron chi connectivity index (χ0n) is 24.8. The molecule has 0 aliphatic carbocycles. The van der Waals surface area contributed by atoms with Gasteiger partial charge in [0.1, 0.15) is 11.5 Å². The molecule has 0 amide bonds. The Bertz CT molecular complexity index is 1000. The predicted octanol–water partition coefficient (Wildman–Crippen LogP) is 11.4. The molecule has 0 N–H and O–H groups in total. The molecule has 0 unspecified atom stereocenters. The van der Waals surface area contributed by atoms with Crippen molar-refractivity contribution in [2.45, 2.75) is 117 Å². The lowest BCUT2D eigenvalue weighted by atomic mass is 10.1. The summed E-state index contributed by atoms with van der Waals surface area (Å²) in [6.45, 7) is 5.93. The van der Waals surface area contributed by atoms with Gasteiger partial charge in [0, 0.05) is 23.3 Å². The minimum Gasteiger partial charge on any atom is -0.494 e. The van der Waals surface area contributed by atoms with E-state index in [1.54, 1.807) is 0 Å². The van der Waals surface area contributed by atoms with E-state index in [0.29, 0.717) is 23.3 Å². The van der Waals surface area contributed by atoms with Gasteiger partial charge < -0.3 is 9.47 Å². The first-order valence-corrected chi connectivity index (χ1v) is 16.3. The van der Waals surface area contributed by atoms with Gasteiger partial charge in [-0.15, -0.1) is 0 Å². The van der Waals surface area contributed by atoms with Gasteiger partial charge in [-0.25, -0.2) is 0 Å². The SMILES string of the molecule is CCCCCCCCCCOc1ccc(C#CC#Cc2ccc(OCCCCCCCCCC)cc2Cl)c(Cl)c1. The third kappa shape index (κ3) is 15.5. The molecular formula is C36H48Cl2O2. The van der Waals surface area contributed by atoms with Crippen molar-refractivity contribution in [3.63, 3.8) is 0 Å². The third-order valence-corrected chi connectivity index (χ3v) is 7.50. The zero-order valence-corrected chi connectivity index (χ0v) is 26.3. The molecule has 0 heterocycles. The van der Waals surface area contributed by atoms with Crippen LogP contribution in [-0.2, 0) is 0 Å². The van der Waals surface area contributed by atoms with Crippen LogP contribution in [0, 0.1) is 23.7 Å². The number of halogens is 2. The maximum Gasteiger partial charge on any atom is 0.120 e. The number of unbranched alkanes of at least 4 members (excludes halogenated alkanes) is 14. The maximum atomic E-state index is 6.42. The molecule has 0 fully saturated rings. The summed E-state index contributed by atoms with van der Waals surface area (Å²) in [7, 11) is 0. The second-order valence-corrected chi connectivity index (χ2v) is 11.2. The number of rotatable bonds is 20. The molecule has 0 radical (unpaired) electrons. The van der Waals surface area contributed by atoms with Crippen LogP contribution in [0.25, 0.3) is 0 Å². The molecule has 0 saturated carbocycles. The second kappa shape index (κ2) is 22.4. The zero-order chi connectivity index (χ0) is 28.7. The van der Waals surface area contributed by atoms with Crippen molar-refractivity contribution in [2.75, 3.05) is 13.2 Å². The molecule has 218 valence electrons. The van der Waals surface area contributed by atoms with Crippen LogP contribution in [0.4, 0.5) is 0 Å². The lowest BCUT2D eigenvalue weighted by Crippen LogP contribution is -1.97. The van der Waals surface area contributed by atoms with Gasteiger partial charge in [0.15, 0.2) is 0 Å². The lowest BCUT2D eigenvalue weighted by molar-refractivity contribution is 0.304. The fourth-order valence-corrected chi connectivity index (χ4v) is 4.86. The van der Waals surface area contributed by atoms with Crippen LogP contribution in [0.1, 0.15) is 128 Å². The summed E-state index contributed by atoms with van der Waals surface area (Å²) < 4.78 is 11.7. The second-order valence-electron chi connectivity index (χ2n) is 10.4. The van der Waals surface area contributed by atoms with Crippen LogP contribution >= 0.6 is 23.2 Å². The average molecular weight is 584 g/mol. The summed E-state index contributed by atoms with van der Waals surface area (Å²) in [4.78, 5) is 0. The molecule has 0 saturated heterocycles. The molecule has 4 heteroatoms. The minimum atomic E-state index is 0.568. The van der Waals surface area contributed by atoms with Gasteiger partial charge in [0.05, 0.1) is 23.3 Å². The Labute approximate surface area is 254 Å². The third-order valence-electron chi connectivity index (χ3n) is 6.87. The molecule has 2 aromatic carbocycles. The molecule has 0 aromatic heterocycles. The molecule has 0 spiro atoms. The molecule has 2 rings (SSSR count). The van der Waals surface area contributed by atoms with E-state index in [1.807, 2.05) is 36.4 Å². The van der Waals surface area contributed by atoms with Gasteiger partial charge in [-0.1, -0.05) is 139 Å². The first-order chi connectivity index (χ1) is 19.6. The van der Waals surface area contributed by atoms with Gasteiger partial charge in [-0.2, -0.15) is 0 Å². The molecule has 2 aromatic rings. The van der Waals surface area contributed by atoms with Crippen LogP contribution in [0.3, 0.4) is 0 Å². The van der Waals surface area contributed by atoms with Crippen molar-refractivity contribution >= 4 is 23.2 Å². The number of benzene rings is 2. The van der Waals surface area contributed by atoms with Gasteiger partial charge >= 0.3 is 0 Å². The Hall–Kier alpha value is -2.26. The van der Waals surface area contributed by atoms with Crippen molar-refractivity contribution in [3.8, 4) is 35.2 Å². The van der Waals surface area contributed by atoms with E-state index in [9.17, 15) is 0 Å². The monoisotopic (exact) mass is 582 g/mol. The quantitative estimate of drug-likeness (QED) is 0.114. The lowest BCUT2D eigenvalue weighted by Gasteiger charge is -2.07. The average Bonchev–Trinajstić information content (AvgIpc) is 2.95.